The lowest BCUT2D eigenvalue weighted by Crippen LogP contribution is -2.54. The number of aliphatic carboxylic acids is 1. The lowest BCUT2D eigenvalue weighted by Gasteiger charge is -2.61. The highest BCUT2D eigenvalue weighted by atomic mass is 16.5. The van der Waals surface area contributed by atoms with E-state index in [9.17, 15) is 14.7 Å². The predicted molar refractivity (Wildman–Crippen MR) is 100 cm³/mol. The SMILES string of the molecule is CC(=O)O[C@H]1CC[C@H]2[C@H]3CC[C@H]4C[C@@H](CC(=O)[O-])CC[C@]4(C)[C@H]3CC[C@]12C. The van der Waals surface area contributed by atoms with Gasteiger partial charge >= 0.3 is 5.97 Å². The molecule has 4 heteroatoms. The molecule has 0 heterocycles. The Morgan fingerprint density at radius 1 is 0.963 bits per heavy atom. The van der Waals surface area contributed by atoms with Crippen LogP contribution in [0.15, 0.2) is 0 Å². The van der Waals surface area contributed by atoms with Crippen LogP contribution in [0.2, 0.25) is 0 Å². The minimum atomic E-state index is -0.881. The van der Waals surface area contributed by atoms with Crippen LogP contribution < -0.4 is 5.11 Å². The van der Waals surface area contributed by atoms with E-state index in [0.717, 1.165) is 31.1 Å². The summed E-state index contributed by atoms with van der Waals surface area (Å²) in [6, 6.07) is 0. The van der Waals surface area contributed by atoms with Gasteiger partial charge in [0.1, 0.15) is 6.10 Å². The number of ether oxygens (including phenoxy) is 1. The number of esters is 1. The Morgan fingerprint density at radius 3 is 2.37 bits per heavy atom. The normalized spacial score (nSPS) is 48.9. The van der Waals surface area contributed by atoms with Crippen LogP contribution in [0.25, 0.3) is 0 Å². The smallest absolute Gasteiger partial charge is 0.302 e. The van der Waals surface area contributed by atoms with E-state index < -0.39 is 5.97 Å². The third kappa shape index (κ3) is 3.11. The molecule has 0 saturated heterocycles. The van der Waals surface area contributed by atoms with E-state index in [-0.39, 0.29) is 23.9 Å². The molecule has 27 heavy (non-hydrogen) atoms. The largest absolute Gasteiger partial charge is 0.550 e. The predicted octanol–water partition coefficient (Wildman–Crippen LogP) is 3.72. The van der Waals surface area contributed by atoms with E-state index in [2.05, 4.69) is 13.8 Å². The van der Waals surface area contributed by atoms with E-state index in [0.29, 0.717) is 23.2 Å². The first-order valence-corrected chi connectivity index (χ1v) is 11.1. The summed E-state index contributed by atoms with van der Waals surface area (Å²) in [5.74, 6) is 2.17. The first-order valence-electron chi connectivity index (χ1n) is 11.1. The molecule has 4 fully saturated rings. The molecule has 0 aromatic carbocycles. The van der Waals surface area contributed by atoms with Gasteiger partial charge in [-0.3, -0.25) is 4.79 Å². The summed E-state index contributed by atoms with van der Waals surface area (Å²) in [6.07, 6.45) is 10.8. The summed E-state index contributed by atoms with van der Waals surface area (Å²) < 4.78 is 5.75. The van der Waals surface area contributed by atoms with Crippen LogP contribution in [-0.2, 0) is 14.3 Å². The van der Waals surface area contributed by atoms with E-state index in [1.807, 2.05) is 0 Å². The zero-order valence-corrected chi connectivity index (χ0v) is 17.2. The maximum Gasteiger partial charge on any atom is 0.302 e. The van der Waals surface area contributed by atoms with E-state index >= 15 is 0 Å². The standard InChI is InChI=1S/C23H36O4/c1-14(24)27-20-7-6-18-17-5-4-16-12-15(13-21(25)26)8-10-22(16,2)19(17)9-11-23(18,20)3/h15-20H,4-13H2,1-3H3,(H,25,26)/p-1/t15-,16-,17+,18-,19-,20-,22-,23-/m0/s1. The number of hydrogen-bond acceptors (Lipinski definition) is 4. The van der Waals surface area contributed by atoms with Crippen molar-refractivity contribution in [2.24, 2.45) is 40.4 Å². The molecule has 0 bridgehead atoms. The summed E-state index contributed by atoms with van der Waals surface area (Å²) >= 11 is 0. The van der Waals surface area contributed by atoms with E-state index in [1.54, 1.807) is 6.92 Å². The topological polar surface area (TPSA) is 66.4 Å². The maximum absolute atomic E-state index is 11.6. The van der Waals surface area contributed by atoms with Gasteiger partial charge < -0.3 is 14.6 Å². The average molecular weight is 376 g/mol. The Kier molecular flexibility index (Phi) is 4.83. The van der Waals surface area contributed by atoms with Crippen molar-refractivity contribution >= 4 is 11.9 Å². The van der Waals surface area contributed by atoms with Crippen molar-refractivity contribution in [1.82, 2.24) is 0 Å². The van der Waals surface area contributed by atoms with Crippen molar-refractivity contribution in [3.63, 3.8) is 0 Å². The maximum atomic E-state index is 11.6. The van der Waals surface area contributed by atoms with Crippen LogP contribution in [-0.4, -0.2) is 18.0 Å². The molecule has 4 nitrogen and oxygen atoms in total. The lowest BCUT2D eigenvalue weighted by atomic mass is 9.44. The highest BCUT2D eigenvalue weighted by molar-refractivity contribution is 5.66. The van der Waals surface area contributed by atoms with Crippen LogP contribution in [0.1, 0.15) is 85.0 Å². The molecule has 0 spiro atoms. The summed E-state index contributed by atoms with van der Waals surface area (Å²) in [6.45, 7) is 6.42. The quantitative estimate of drug-likeness (QED) is 0.705. The monoisotopic (exact) mass is 375 g/mol. The molecule has 4 aliphatic rings. The number of carbonyl (C=O) groups is 2. The van der Waals surface area contributed by atoms with Crippen molar-refractivity contribution in [2.45, 2.75) is 91.1 Å². The molecule has 4 rings (SSSR count). The number of carboxylic acid groups (broad SMARTS) is 1. The second-order valence-corrected chi connectivity index (χ2v) is 10.6. The third-order valence-electron chi connectivity index (χ3n) is 9.45. The zero-order chi connectivity index (χ0) is 19.4. The number of fused-ring (bicyclic) bond motifs is 5. The summed E-state index contributed by atoms with van der Waals surface area (Å²) in [7, 11) is 0. The molecule has 8 atom stereocenters. The Hall–Kier alpha value is -1.06. The summed E-state index contributed by atoms with van der Waals surface area (Å²) in [4.78, 5) is 22.6. The molecule has 0 N–H and O–H groups in total. The van der Waals surface area contributed by atoms with Crippen molar-refractivity contribution in [3.05, 3.63) is 0 Å². The molecule has 0 aliphatic heterocycles. The zero-order valence-electron chi connectivity index (χ0n) is 17.2. The molecule has 0 aromatic rings. The van der Waals surface area contributed by atoms with Gasteiger partial charge in [-0.15, -0.1) is 0 Å². The fourth-order valence-electron chi connectivity index (χ4n) is 8.11. The highest BCUT2D eigenvalue weighted by Gasteiger charge is 2.60. The van der Waals surface area contributed by atoms with Crippen molar-refractivity contribution in [2.75, 3.05) is 0 Å². The molecular formula is C23H35O4-. The van der Waals surface area contributed by atoms with Crippen LogP contribution >= 0.6 is 0 Å². The van der Waals surface area contributed by atoms with Crippen LogP contribution in [0.3, 0.4) is 0 Å². The van der Waals surface area contributed by atoms with Crippen molar-refractivity contribution in [3.8, 4) is 0 Å². The Bertz CT molecular complexity index is 615. The van der Waals surface area contributed by atoms with Gasteiger partial charge in [0.2, 0.25) is 0 Å². The summed E-state index contributed by atoms with van der Waals surface area (Å²) in [5, 5.41) is 11.1. The number of hydrogen-bond donors (Lipinski definition) is 0. The average Bonchev–Trinajstić information content (AvgIpc) is 2.91. The molecule has 0 radical (unpaired) electrons. The molecule has 4 aliphatic carbocycles. The fourth-order valence-corrected chi connectivity index (χ4v) is 8.11. The van der Waals surface area contributed by atoms with Gasteiger partial charge in [-0.1, -0.05) is 13.8 Å². The first-order chi connectivity index (χ1) is 12.7. The first kappa shape index (κ1) is 19.3. The van der Waals surface area contributed by atoms with Gasteiger partial charge in [-0.2, -0.15) is 0 Å². The molecule has 0 amide bonds. The highest BCUT2D eigenvalue weighted by Crippen LogP contribution is 2.67. The van der Waals surface area contributed by atoms with Crippen LogP contribution in [0.4, 0.5) is 0 Å². The van der Waals surface area contributed by atoms with Crippen molar-refractivity contribution < 1.29 is 19.4 Å². The molecule has 0 aromatic heterocycles. The fraction of sp³-hybridized carbons (Fsp3) is 0.913. The number of rotatable bonds is 3. The Balaban J connectivity index is 1.51. The second-order valence-electron chi connectivity index (χ2n) is 10.6. The molecule has 152 valence electrons. The van der Waals surface area contributed by atoms with E-state index in [4.69, 9.17) is 4.74 Å². The third-order valence-corrected chi connectivity index (χ3v) is 9.45. The molecule has 0 unspecified atom stereocenters. The lowest BCUT2D eigenvalue weighted by molar-refractivity contribution is -0.307. The molecule has 4 saturated carbocycles. The van der Waals surface area contributed by atoms with Gasteiger partial charge in [0.05, 0.1) is 0 Å². The minimum absolute atomic E-state index is 0.102. The summed E-state index contributed by atoms with van der Waals surface area (Å²) in [5.41, 5.74) is 0.522. The second kappa shape index (κ2) is 6.77. The Labute approximate surface area is 163 Å². The van der Waals surface area contributed by atoms with Gasteiger partial charge in [-0.25, -0.2) is 0 Å². The van der Waals surface area contributed by atoms with Gasteiger partial charge in [-0.05, 0) is 99.2 Å². The minimum Gasteiger partial charge on any atom is -0.550 e. The van der Waals surface area contributed by atoms with Crippen LogP contribution in [0.5, 0.6) is 0 Å². The van der Waals surface area contributed by atoms with Gasteiger partial charge in [0, 0.05) is 18.3 Å². The van der Waals surface area contributed by atoms with Crippen LogP contribution in [0, 0.1) is 40.4 Å². The number of carbonyl (C=O) groups excluding carboxylic acids is 2. The van der Waals surface area contributed by atoms with Crippen molar-refractivity contribution in [1.29, 1.82) is 0 Å². The molecular weight excluding hydrogens is 340 g/mol. The van der Waals surface area contributed by atoms with Gasteiger partial charge in [0.15, 0.2) is 0 Å². The Morgan fingerprint density at radius 2 is 1.67 bits per heavy atom. The van der Waals surface area contributed by atoms with E-state index in [1.165, 1.54) is 38.5 Å². The number of carboxylic acids is 1. The van der Waals surface area contributed by atoms with Gasteiger partial charge in [0.25, 0.3) is 0 Å².